The summed E-state index contributed by atoms with van der Waals surface area (Å²) in [5, 5.41) is 0. The third-order valence-electron chi connectivity index (χ3n) is 5.78. The number of carbonyl (C=O) groups excluding carboxylic acids is 2. The zero-order valence-corrected chi connectivity index (χ0v) is 18.8. The fourth-order valence-corrected chi connectivity index (χ4v) is 5.02. The van der Waals surface area contributed by atoms with Gasteiger partial charge in [0.15, 0.2) is 0 Å². The lowest BCUT2D eigenvalue weighted by Gasteiger charge is -2.35. The average molecular weight is 458 g/mol. The van der Waals surface area contributed by atoms with E-state index in [1.165, 1.54) is 12.1 Å². The van der Waals surface area contributed by atoms with Crippen molar-refractivity contribution >= 4 is 27.5 Å². The SMILES string of the molecule is Cc1ccc(NS(=O)(=O)c2cccc(C(=O)N3CCN(C(=O)C4CCCO4)CC3)c2)cc1. The van der Waals surface area contributed by atoms with Crippen molar-refractivity contribution in [1.29, 1.82) is 0 Å². The first kappa shape index (κ1) is 22.3. The van der Waals surface area contributed by atoms with Crippen LogP contribution in [0, 0.1) is 6.92 Å². The molecule has 2 heterocycles. The number of amides is 2. The molecule has 0 spiro atoms. The van der Waals surface area contributed by atoms with Gasteiger partial charge in [0, 0.05) is 44.0 Å². The minimum atomic E-state index is -3.83. The highest BCUT2D eigenvalue weighted by Crippen LogP contribution is 2.20. The first-order valence-electron chi connectivity index (χ1n) is 10.7. The van der Waals surface area contributed by atoms with E-state index in [0.717, 1.165) is 18.4 Å². The van der Waals surface area contributed by atoms with Crippen LogP contribution in [0.5, 0.6) is 0 Å². The second-order valence-electron chi connectivity index (χ2n) is 8.12. The number of aryl methyl sites for hydroxylation is 1. The van der Waals surface area contributed by atoms with Crippen LogP contribution >= 0.6 is 0 Å². The zero-order chi connectivity index (χ0) is 22.7. The van der Waals surface area contributed by atoms with Crippen LogP contribution in [0.1, 0.15) is 28.8 Å². The molecule has 2 saturated heterocycles. The zero-order valence-electron chi connectivity index (χ0n) is 18.0. The van der Waals surface area contributed by atoms with Crippen LogP contribution in [0.4, 0.5) is 5.69 Å². The van der Waals surface area contributed by atoms with E-state index in [-0.39, 0.29) is 22.8 Å². The fraction of sp³-hybridized carbons (Fsp3) is 0.391. The molecule has 8 nitrogen and oxygen atoms in total. The van der Waals surface area contributed by atoms with Gasteiger partial charge in [-0.1, -0.05) is 23.8 Å². The highest BCUT2D eigenvalue weighted by molar-refractivity contribution is 7.92. The summed E-state index contributed by atoms with van der Waals surface area (Å²) >= 11 is 0. The second-order valence-corrected chi connectivity index (χ2v) is 9.80. The standard InChI is InChI=1S/C23H27N3O5S/c1-17-7-9-19(10-8-17)24-32(29,30)20-5-2-4-18(16-20)22(27)25-11-13-26(14-12-25)23(28)21-6-3-15-31-21/h2,4-5,7-10,16,21,24H,3,6,11-15H2,1H3. The summed E-state index contributed by atoms with van der Waals surface area (Å²) in [6.45, 7) is 4.22. The minimum Gasteiger partial charge on any atom is -0.368 e. The molecule has 0 aliphatic carbocycles. The molecule has 0 radical (unpaired) electrons. The lowest BCUT2D eigenvalue weighted by molar-refractivity contribution is -0.142. The Morgan fingerprint density at radius 2 is 1.69 bits per heavy atom. The number of hydrogen-bond donors (Lipinski definition) is 1. The van der Waals surface area contributed by atoms with Gasteiger partial charge in [0.05, 0.1) is 4.90 Å². The van der Waals surface area contributed by atoms with E-state index in [2.05, 4.69) is 4.72 Å². The molecule has 1 N–H and O–H groups in total. The third kappa shape index (κ3) is 4.94. The maximum atomic E-state index is 13.0. The number of benzene rings is 2. The Hall–Kier alpha value is -2.91. The highest BCUT2D eigenvalue weighted by atomic mass is 32.2. The van der Waals surface area contributed by atoms with Gasteiger partial charge in [-0.25, -0.2) is 8.42 Å². The van der Waals surface area contributed by atoms with Gasteiger partial charge in [-0.05, 0) is 50.1 Å². The van der Waals surface area contributed by atoms with E-state index in [0.29, 0.717) is 44.0 Å². The van der Waals surface area contributed by atoms with Gasteiger partial charge in [0.1, 0.15) is 6.10 Å². The topological polar surface area (TPSA) is 96.0 Å². The molecule has 1 atom stereocenters. The number of hydrogen-bond acceptors (Lipinski definition) is 5. The Morgan fingerprint density at radius 1 is 1.00 bits per heavy atom. The first-order valence-corrected chi connectivity index (χ1v) is 12.2. The van der Waals surface area contributed by atoms with Crippen molar-refractivity contribution in [1.82, 2.24) is 9.80 Å². The van der Waals surface area contributed by atoms with E-state index in [1.807, 2.05) is 19.1 Å². The number of piperazine rings is 1. The summed E-state index contributed by atoms with van der Waals surface area (Å²) in [6.07, 6.45) is 1.28. The highest BCUT2D eigenvalue weighted by Gasteiger charge is 2.31. The molecule has 0 bridgehead atoms. The number of sulfonamides is 1. The van der Waals surface area contributed by atoms with Crippen molar-refractivity contribution in [2.45, 2.75) is 30.8 Å². The van der Waals surface area contributed by atoms with E-state index in [1.54, 1.807) is 34.1 Å². The molecule has 170 valence electrons. The van der Waals surface area contributed by atoms with Crippen molar-refractivity contribution in [2.24, 2.45) is 0 Å². The molecular weight excluding hydrogens is 430 g/mol. The average Bonchev–Trinajstić information content (AvgIpc) is 3.35. The van der Waals surface area contributed by atoms with Gasteiger partial charge >= 0.3 is 0 Å². The summed E-state index contributed by atoms with van der Waals surface area (Å²) in [6, 6.07) is 13.1. The van der Waals surface area contributed by atoms with Crippen molar-refractivity contribution in [3.05, 3.63) is 59.7 Å². The summed E-state index contributed by atoms with van der Waals surface area (Å²) in [7, 11) is -3.83. The molecule has 2 fully saturated rings. The first-order chi connectivity index (χ1) is 15.3. The Kier molecular flexibility index (Phi) is 6.48. The number of nitrogens with one attached hydrogen (secondary N) is 1. The molecule has 2 aliphatic rings. The van der Waals surface area contributed by atoms with Gasteiger partial charge < -0.3 is 14.5 Å². The number of rotatable bonds is 5. The predicted octanol–water partition coefficient (Wildman–Crippen LogP) is 2.26. The van der Waals surface area contributed by atoms with Crippen LogP contribution in [0.2, 0.25) is 0 Å². The van der Waals surface area contributed by atoms with Gasteiger partial charge in [0.2, 0.25) is 0 Å². The van der Waals surface area contributed by atoms with E-state index < -0.39 is 10.0 Å². The van der Waals surface area contributed by atoms with E-state index in [9.17, 15) is 18.0 Å². The van der Waals surface area contributed by atoms with Gasteiger partial charge in [-0.3, -0.25) is 14.3 Å². The smallest absolute Gasteiger partial charge is 0.261 e. The van der Waals surface area contributed by atoms with Crippen LogP contribution in [0.3, 0.4) is 0 Å². The molecular formula is C23H27N3O5S. The monoisotopic (exact) mass is 457 g/mol. The molecule has 2 aromatic carbocycles. The summed E-state index contributed by atoms with van der Waals surface area (Å²) in [5.74, 6) is -0.258. The van der Waals surface area contributed by atoms with Crippen LogP contribution in [-0.2, 0) is 19.6 Å². The maximum absolute atomic E-state index is 13.0. The van der Waals surface area contributed by atoms with E-state index >= 15 is 0 Å². The third-order valence-corrected chi connectivity index (χ3v) is 7.16. The van der Waals surface area contributed by atoms with Gasteiger partial charge in [-0.15, -0.1) is 0 Å². The van der Waals surface area contributed by atoms with Crippen LogP contribution < -0.4 is 4.72 Å². The Balaban J connectivity index is 1.41. The molecule has 1 unspecified atom stereocenters. The lowest BCUT2D eigenvalue weighted by atomic mass is 10.1. The van der Waals surface area contributed by atoms with Crippen molar-refractivity contribution in [3.8, 4) is 0 Å². The molecule has 2 aliphatic heterocycles. The minimum absolute atomic E-state index is 0.00938. The van der Waals surface area contributed by atoms with Crippen LogP contribution in [0.15, 0.2) is 53.4 Å². The lowest BCUT2D eigenvalue weighted by Crippen LogP contribution is -2.52. The van der Waals surface area contributed by atoms with Crippen molar-refractivity contribution < 1.29 is 22.7 Å². The fourth-order valence-electron chi connectivity index (χ4n) is 3.92. The molecule has 9 heteroatoms. The Morgan fingerprint density at radius 3 is 2.34 bits per heavy atom. The number of anilines is 1. The van der Waals surface area contributed by atoms with Gasteiger partial charge in [-0.2, -0.15) is 0 Å². The molecule has 0 aromatic heterocycles. The molecule has 2 aromatic rings. The predicted molar refractivity (Wildman–Crippen MR) is 120 cm³/mol. The van der Waals surface area contributed by atoms with Crippen LogP contribution in [0.25, 0.3) is 0 Å². The van der Waals surface area contributed by atoms with Gasteiger partial charge in [0.25, 0.3) is 21.8 Å². The summed E-state index contributed by atoms with van der Waals surface area (Å²) in [4.78, 5) is 28.9. The van der Waals surface area contributed by atoms with Crippen LogP contribution in [-0.4, -0.2) is 68.9 Å². The van der Waals surface area contributed by atoms with Crippen molar-refractivity contribution in [3.63, 3.8) is 0 Å². The quantitative estimate of drug-likeness (QED) is 0.743. The van der Waals surface area contributed by atoms with E-state index in [4.69, 9.17) is 4.74 Å². The van der Waals surface area contributed by atoms with Crippen molar-refractivity contribution in [2.75, 3.05) is 37.5 Å². The number of ether oxygens (including phenoxy) is 1. The summed E-state index contributed by atoms with van der Waals surface area (Å²) in [5.41, 5.74) is 1.79. The summed E-state index contributed by atoms with van der Waals surface area (Å²) < 4.78 is 33.6. The molecule has 0 saturated carbocycles. The Labute approximate surface area is 188 Å². The Bertz CT molecular complexity index is 1090. The molecule has 32 heavy (non-hydrogen) atoms. The molecule has 4 rings (SSSR count). The maximum Gasteiger partial charge on any atom is 0.261 e. The number of nitrogens with zero attached hydrogens (tertiary/aromatic N) is 2. The normalized spacial score (nSPS) is 19.1. The number of carbonyl (C=O) groups is 2. The second kappa shape index (κ2) is 9.30. The largest absolute Gasteiger partial charge is 0.368 e. The molecule has 2 amide bonds.